The highest BCUT2D eigenvalue weighted by Crippen LogP contribution is 2.24. The predicted molar refractivity (Wildman–Crippen MR) is 111 cm³/mol. The number of rotatable bonds is 4. The van der Waals surface area contributed by atoms with Crippen molar-refractivity contribution in [2.24, 2.45) is 0 Å². The van der Waals surface area contributed by atoms with Crippen molar-refractivity contribution in [2.45, 2.75) is 52.0 Å². The smallest absolute Gasteiger partial charge is 0.291 e. The minimum atomic E-state index is -0.187. The van der Waals surface area contributed by atoms with E-state index in [1.807, 2.05) is 37.3 Å². The van der Waals surface area contributed by atoms with Gasteiger partial charge >= 0.3 is 0 Å². The van der Waals surface area contributed by atoms with Crippen LogP contribution in [0.3, 0.4) is 0 Å². The Morgan fingerprint density at radius 1 is 1.04 bits per heavy atom. The van der Waals surface area contributed by atoms with E-state index < -0.39 is 0 Å². The Morgan fingerprint density at radius 3 is 2.54 bits per heavy atom. The molecule has 0 bridgehead atoms. The van der Waals surface area contributed by atoms with Crippen LogP contribution in [0.5, 0.6) is 0 Å². The van der Waals surface area contributed by atoms with Crippen LogP contribution in [0.2, 0.25) is 0 Å². The molecule has 3 aromatic rings. The lowest BCUT2D eigenvalue weighted by atomic mass is 9.95. The van der Waals surface area contributed by atoms with Gasteiger partial charge in [0.15, 0.2) is 5.82 Å². The van der Waals surface area contributed by atoms with Crippen LogP contribution in [0.15, 0.2) is 48.5 Å². The van der Waals surface area contributed by atoms with Crippen molar-refractivity contribution in [3.05, 3.63) is 65.5 Å². The summed E-state index contributed by atoms with van der Waals surface area (Å²) in [5, 5.41) is 7.75. The molecule has 1 aromatic heterocycles. The number of nitrogens with one attached hydrogen (secondary N) is 1. The highest BCUT2D eigenvalue weighted by atomic mass is 16.2. The Bertz CT molecular complexity index is 972. The predicted octanol–water partition coefficient (Wildman–Crippen LogP) is 4.61. The molecule has 1 fully saturated rings. The Labute approximate surface area is 165 Å². The summed E-state index contributed by atoms with van der Waals surface area (Å²) in [6.45, 7) is 4.10. The number of hydrogen-bond donors (Lipinski definition) is 1. The molecule has 1 saturated carbocycles. The molecule has 1 heterocycles. The topological polar surface area (TPSA) is 59.8 Å². The highest BCUT2D eigenvalue weighted by Gasteiger charge is 2.22. The van der Waals surface area contributed by atoms with Crippen molar-refractivity contribution < 1.29 is 4.79 Å². The normalized spacial score (nSPS) is 14.8. The molecule has 28 heavy (non-hydrogen) atoms. The summed E-state index contributed by atoms with van der Waals surface area (Å²) in [5.74, 6) is 0.724. The molecular formula is C23H26N4O. The molecule has 0 saturated heterocycles. The summed E-state index contributed by atoms with van der Waals surface area (Å²) < 4.78 is 1.80. The maximum atomic E-state index is 12.8. The van der Waals surface area contributed by atoms with Gasteiger partial charge in [-0.2, -0.15) is 0 Å². The van der Waals surface area contributed by atoms with Crippen LogP contribution in [-0.2, 0) is 0 Å². The molecule has 5 nitrogen and oxygen atoms in total. The number of benzene rings is 2. The first-order valence-electron chi connectivity index (χ1n) is 10.0. The van der Waals surface area contributed by atoms with Crippen molar-refractivity contribution in [1.29, 1.82) is 0 Å². The average molecular weight is 374 g/mol. The summed E-state index contributed by atoms with van der Waals surface area (Å²) in [7, 11) is 0. The van der Waals surface area contributed by atoms with Crippen LogP contribution < -0.4 is 5.32 Å². The second kappa shape index (κ2) is 7.97. The largest absolute Gasteiger partial charge is 0.347 e. The number of hydrogen-bond acceptors (Lipinski definition) is 3. The Kier molecular flexibility index (Phi) is 5.24. The van der Waals surface area contributed by atoms with Gasteiger partial charge in [0, 0.05) is 11.6 Å². The fourth-order valence-corrected chi connectivity index (χ4v) is 3.79. The van der Waals surface area contributed by atoms with Gasteiger partial charge in [-0.05, 0) is 43.9 Å². The van der Waals surface area contributed by atoms with E-state index in [4.69, 9.17) is 0 Å². The van der Waals surface area contributed by atoms with E-state index in [1.54, 1.807) is 4.68 Å². The molecule has 0 spiro atoms. The third kappa shape index (κ3) is 3.84. The minimum absolute atomic E-state index is 0.187. The number of nitrogens with zero attached hydrogens (tertiary/aromatic N) is 3. The van der Waals surface area contributed by atoms with Crippen LogP contribution >= 0.6 is 0 Å². The van der Waals surface area contributed by atoms with Crippen LogP contribution in [-0.4, -0.2) is 26.7 Å². The molecule has 1 amide bonds. The Morgan fingerprint density at radius 2 is 1.79 bits per heavy atom. The minimum Gasteiger partial charge on any atom is -0.347 e. The van der Waals surface area contributed by atoms with Gasteiger partial charge in [-0.25, -0.2) is 9.67 Å². The van der Waals surface area contributed by atoms with Crippen molar-refractivity contribution >= 4 is 5.91 Å². The van der Waals surface area contributed by atoms with Gasteiger partial charge in [-0.1, -0.05) is 61.7 Å². The van der Waals surface area contributed by atoms with E-state index in [-0.39, 0.29) is 17.8 Å². The van der Waals surface area contributed by atoms with Crippen molar-refractivity contribution in [2.75, 3.05) is 0 Å². The molecule has 4 rings (SSSR count). The van der Waals surface area contributed by atoms with Crippen LogP contribution in [0, 0.1) is 13.8 Å². The number of amides is 1. The molecule has 0 unspecified atom stereocenters. The van der Waals surface area contributed by atoms with Crippen molar-refractivity contribution in [3.8, 4) is 17.1 Å². The Balaban J connectivity index is 1.74. The van der Waals surface area contributed by atoms with Crippen LogP contribution in [0.25, 0.3) is 17.1 Å². The highest BCUT2D eigenvalue weighted by molar-refractivity contribution is 5.91. The third-order valence-electron chi connectivity index (χ3n) is 5.38. The second-order valence-electron chi connectivity index (χ2n) is 7.64. The van der Waals surface area contributed by atoms with E-state index in [2.05, 4.69) is 40.5 Å². The fourth-order valence-electron chi connectivity index (χ4n) is 3.79. The Hall–Kier alpha value is -2.95. The van der Waals surface area contributed by atoms with Crippen molar-refractivity contribution in [3.63, 3.8) is 0 Å². The SMILES string of the molecule is Cc1ccc(C)c(-n2nc(C(=O)NC3CCCCC3)nc2-c2ccccc2)c1. The third-order valence-corrected chi connectivity index (χ3v) is 5.38. The van der Waals surface area contributed by atoms with Gasteiger partial charge in [-0.15, -0.1) is 5.10 Å². The maximum Gasteiger partial charge on any atom is 0.291 e. The lowest BCUT2D eigenvalue weighted by Gasteiger charge is -2.21. The first-order valence-corrected chi connectivity index (χ1v) is 10.0. The first kappa shape index (κ1) is 18.4. The zero-order valence-corrected chi connectivity index (χ0v) is 16.5. The van der Waals surface area contributed by atoms with Gasteiger partial charge in [-0.3, -0.25) is 4.79 Å². The van der Waals surface area contributed by atoms with Gasteiger partial charge in [0.25, 0.3) is 5.91 Å². The molecule has 1 aliphatic rings. The quantitative estimate of drug-likeness (QED) is 0.725. The number of carbonyl (C=O) groups excluding carboxylic acids is 1. The molecule has 1 N–H and O–H groups in total. The first-order chi connectivity index (χ1) is 13.6. The van der Waals surface area contributed by atoms with Crippen LogP contribution in [0.1, 0.15) is 53.8 Å². The van der Waals surface area contributed by atoms with E-state index in [9.17, 15) is 4.79 Å². The summed E-state index contributed by atoms with van der Waals surface area (Å²) >= 11 is 0. The van der Waals surface area contributed by atoms with E-state index in [0.717, 1.165) is 35.2 Å². The standard InChI is InChI=1S/C23H26N4O/c1-16-13-14-17(2)20(15-16)27-22(18-9-5-3-6-10-18)25-21(26-27)23(28)24-19-11-7-4-8-12-19/h3,5-6,9-10,13-15,19H,4,7-8,11-12H2,1-2H3,(H,24,28). The average Bonchev–Trinajstić information content (AvgIpc) is 3.17. The summed E-state index contributed by atoms with van der Waals surface area (Å²) in [6, 6.07) is 16.4. The fraction of sp³-hybridized carbons (Fsp3) is 0.348. The van der Waals surface area contributed by atoms with E-state index in [0.29, 0.717) is 5.82 Å². The maximum absolute atomic E-state index is 12.8. The zero-order valence-electron chi connectivity index (χ0n) is 16.5. The summed E-state index contributed by atoms with van der Waals surface area (Å²) in [6.07, 6.45) is 5.67. The summed E-state index contributed by atoms with van der Waals surface area (Å²) in [5.41, 5.74) is 4.12. The molecule has 2 aromatic carbocycles. The number of aromatic nitrogens is 3. The molecule has 0 radical (unpaired) electrons. The number of aryl methyl sites for hydroxylation is 2. The number of carbonyl (C=O) groups is 1. The van der Waals surface area contributed by atoms with Gasteiger partial charge in [0.1, 0.15) is 0 Å². The lowest BCUT2D eigenvalue weighted by molar-refractivity contribution is 0.0917. The van der Waals surface area contributed by atoms with Gasteiger partial charge < -0.3 is 5.32 Å². The zero-order chi connectivity index (χ0) is 19.5. The molecule has 0 aliphatic heterocycles. The lowest BCUT2D eigenvalue weighted by Crippen LogP contribution is -2.36. The van der Waals surface area contributed by atoms with Crippen molar-refractivity contribution in [1.82, 2.24) is 20.1 Å². The molecule has 0 atom stereocenters. The molecule has 1 aliphatic carbocycles. The molecule has 5 heteroatoms. The van der Waals surface area contributed by atoms with E-state index in [1.165, 1.54) is 19.3 Å². The molecular weight excluding hydrogens is 348 g/mol. The monoisotopic (exact) mass is 374 g/mol. The van der Waals surface area contributed by atoms with Gasteiger partial charge in [0.05, 0.1) is 5.69 Å². The van der Waals surface area contributed by atoms with Crippen LogP contribution in [0.4, 0.5) is 0 Å². The van der Waals surface area contributed by atoms with E-state index >= 15 is 0 Å². The second-order valence-corrected chi connectivity index (χ2v) is 7.64. The van der Waals surface area contributed by atoms with Gasteiger partial charge in [0.2, 0.25) is 5.82 Å². The molecule has 144 valence electrons. The summed E-state index contributed by atoms with van der Waals surface area (Å²) in [4.78, 5) is 17.5.